The van der Waals surface area contributed by atoms with Gasteiger partial charge in [0.05, 0.1) is 11.3 Å². The van der Waals surface area contributed by atoms with E-state index in [9.17, 15) is 0 Å². The molecule has 0 radical (unpaired) electrons. The Hall–Kier alpha value is -1.95. The van der Waals surface area contributed by atoms with Crippen molar-refractivity contribution in [2.45, 2.75) is 31.3 Å². The number of hydrogen-bond acceptors (Lipinski definition) is 6. The second-order valence-electron chi connectivity index (χ2n) is 4.84. The van der Waals surface area contributed by atoms with Gasteiger partial charge in [0.15, 0.2) is 0 Å². The highest BCUT2D eigenvalue weighted by Crippen LogP contribution is 2.40. The normalized spacial score (nSPS) is 17.7. The van der Waals surface area contributed by atoms with E-state index in [4.69, 9.17) is 15.0 Å². The third kappa shape index (κ3) is 2.08. The molecule has 2 aromatic rings. The molecular weight excluding hydrogens is 244 g/mol. The second-order valence-corrected chi connectivity index (χ2v) is 4.84. The molecule has 1 fully saturated rings. The van der Waals surface area contributed by atoms with Gasteiger partial charge in [-0.15, -0.1) is 0 Å². The Balaban J connectivity index is 1.95. The van der Waals surface area contributed by atoms with Crippen molar-refractivity contribution in [1.29, 1.82) is 0 Å². The van der Waals surface area contributed by atoms with Gasteiger partial charge >= 0.3 is 0 Å². The predicted molar refractivity (Wildman–Crippen MR) is 69.1 cm³/mol. The number of aromatic nitrogens is 3. The molecule has 2 heterocycles. The fraction of sp³-hybridized carbons (Fsp3) is 0.462. The molecule has 6 nitrogen and oxygen atoms in total. The first kappa shape index (κ1) is 12.1. The summed E-state index contributed by atoms with van der Waals surface area (Å²) in [7, 11) is 1.70. The maximum absolute atomic E-state index is 5.70. The lowest BCUT2D eigenvalue weighted by Gasteiger charge is -2.22. The highest BCUT2D eigenvalue weighted by Gasteiger charge is 2.40. The molecule has 100 valence electrons. The number of nitrogen functional groups attached to an aromatic ring is 1. The number of hydrogen-bond donors (Lipinski definition) is 1. The van der Waals surface area contributed by atoms with Gasteiger partial charge < -0.3 is 15.0 Å². The van der Waals surface area contributed by atoms with Crippen molar-refractivity contribution >= 4 is 5.69 Å². The Morgan fingerprint density at radius 3 is 2.79 bits per heavy atom. The van der Waals surface area contributed by atoms with E-state index in [-0.39, 0.29) is 0 Å². The lowest BCUT2D eigenvalue weighted by molar-refractivity contribution is -0.0178. The van der Waals surface area contributed by atoms with Gasteiger partial charge in [-0.05, 0) is 31.7 Å². The Morgan fingerprint density at radius 2 is 2.11 bits per heavy atom. The highest BCUT2D eigenvalue weighted by atomic mass is 16.5. The van der Waals surface area contributed by atoms with Gasteiger partial charge in [0.2, 0.25) is 5.82 Å². The van der Waals surface area contributed by atoms with Crippen molar-refractivity contribution in [1.82, 2.24) is 15.1 Å². The van der Waals surface area contributed by atoms with Crippen LogP contribution >= 0.6 is 0 Å². The predicted octanol–water partition coefficient (Wildman–Crippen LogP) is 2.13. The molecular formula is C13H16N4O2. The van der Waals surface area contributed by atoms with Crippen LogP contribution < -0.4 is 5.73 Å². The van der Waals surface area contributed by atoms with Crippen molar-refractivity contribution in [2.75, 3.05) is 12.8 Å². The molecule has 1 saturated carbocycles. The minimum absolute atomic E-state index is 0.393. The standard InChI is InChI=1S/C13H16N4O2/c1-18-13(4-2-3-5-13)12-16-11(19-17-12)9-6-10(14)8-15-7-9/h6-8H,2-5,14H2,1H3. The van der Waals surface area contributed by atoms with Crippen LogP contribution in [0.15, 0.2) is 23.0 Å². The largest absolute Gasteiger partial charge is 0.397 e. The Morgan fingerprint density at radius 1 is 1.32 bits per heavy atom. The number of pyridine rings is 1. The van der Waals surface area contributed by atoms with Gasteiger partial charge in [0.25, 0.3) is 5.89 Å². The number of methoxy groups -OCH3 is 1. The molecule has 0 saturated heterocycles. The fourth-order valence-corrected chi connectivity index (χ4v) is 2.57. The molecule has 0 spiro atoms. The highest BCUT2D eigenvalue weighted by molar-refractivity contribution is 5.57. The van der Waals surface area contributed by atoms with Gasteiger partial charge in [0, 0.05) is 19.5 Å². The van der Waals surface area contributed by atoms with E-state index < -0.39 is 5.60 Å². The molecule has 19 heavy (non-hydrogen) atoms. The van der Waals surface area contributed by atoms with E-state index in [1.165, 1.54) is 0 Å². The van der Waals surface area contributed by atoms with Crippen LogP contribution in [0.2, 0.25) is 0 Å². The first-order chi connectivity index (χ1) is 9.23. The lowest BCUT2D eigenvalue weighted by atomic mass is 10.0. The molecule has 2 aromatic heterocycles. The molecule has 0 amide bonds. The maximum atomic E-state index is 5.70. The van der Waals surface area contributed by atoms with E-state index in [1.807, 2.05) is 0 Å². The molecule has 1 aliphatic carbocycles. The first-order valence-electron chi connectivity index (χ1n) is 6.34. The molecule has 6 heteroatoms. The molecule has 3 rings (SSSR count). The Bertz CT molecular complexity index is 576. The summed E-state index contributed by atoms with van der Waals surface area (Å²) in [6.45, 7) is 0. The quantitative estimate of drug-likeness (QED) is 0.909. The molecule has 0 aromatic carbocycles. The zero-order chi connectivity index (χ0) is 13.3. The third-order valence-corrected chi connectivity index (χ3v) is 3.64. The second kappa shape index (κ2) is 4.62. The molecule has 0 unspecified atom stereocenters. The van der Waals surface area contributed by atoms with E-state index in [0.717, 1.165) is 31.2 Å². The summed E-state index contributed by atoms with van der Waals surface area (Å²) in [5.41, 5.74) is 6.60. The van der Waals surface area contributed by atoms with Gasteiger partial charge in [-0.25, -0.2) is 0 Å². The smallest absolute Gasteiger partial charge is 0.259 e. The van der Waals surface area contributed by atoms with Crippen LogP contribution in [0.3, 0.4) is 0 Å². The van der Waals surface area contributed by atoms with Crippen molar-refractivity contribution in [3.8, 4) is 11.5 Å². The van der Waals surface area contributed by atoms with Crippen molar-refractivity contribution in [3.63, 3.8) is 0 Å². The summed E-state index contributed by atoms with van der Waals surface area (Å²) in [4.78, 5) is 8.47. The van der Waals surface area contributed by atoms with Crippen LogP contribution in [-0.2, 0) is 10.3 Å². The molecule has 0 bridgehead atoms. The monoisotopic (exact) mass is 260 g/mol. The van der Waals surface area contributed by atoms with Crippen LogP contribution in [0, 0.1) is 0 Å². The molecule has 2 N–H and O–H groups in total. The number of anilines is 1. The molecule has 0 aliphatic heterocycles. The number of nitrogens with zero attached hydrogens (tertiary/aromatic N) is 3. The minimum Gasteiger partial charge on any atom is -0.397 e. The zero-order valence-electron chi connectivity index (χ0n) is 10.8. The topological polar surface area (TPSA) is 87.1 Å². The van der Waals surface area contributed by atoms with Crippen LogP contribution in [0.5, 0.6) is 0 Å². The number of ether oxygens (including phenoxy) is 1. The lowest BCUT2D eigenvalue weighted by Crippen LogP contribution is -2.25. The number of nitrogens with two attached hydrogens (primary N) is 1. The first-order valence-corrected chi connectivity index (χ1v) is 6.34. The van der Waals surface area contributed by atoms with E-state index in [2.05, 4.69) is 15.1 Å². The summed E-state index contributed by atoms with van der Waals surface area (Å²) in [6, 6.07) is 1.76. The molecule has 1 aliphatic rings. The van der Waals surface area contributed by atoms with Crippen LogP contribution in [0.25, 0.3) is 11.5 Å². The summed E-state index contributed by atoms with van der Waals surface area (Å²) in [5.74, 6) is 1.04. The minimum atomic E-state index is -0.393. The number of rotatable bonds is 3. The summed E-state index contributed by atoms with van der Waals surface area (Å²) in [5, 5.41) is 4.07. The van der Waals surface area contributed by atoms with Gasteiger partial charge in [0.1, 0.15) is 5.60 Å². The van der Waals surface area contributed by atoms with E-state index in [1.54, 1.807) is 25.6 Å². The van der Waals surface area contributed by atoms with Crippen LogP contribution in [-0.4, -0.2) is 22.2 Å². The van der Waals surface area contributed by atoms with Crippen molar-refractivity contribution < 1.29 is 9.26 Å². The SMILES string of the molecule is COC1(c2noc(-c3cncc(N)c3)n2)CCCC1. The zero-order valence-corrected chi connectivity index (χ0v) is 10.8. The van der Waals surface area contributed by atoms with Crippen molar-refractivity contribution in [2.24, 2.45) is 0 Å². The Kier molecular flexibility index (Phi) is 2.94. The van der Waals surface area contributed by atoms with Crippen LogP contribution in [0.1, 0.15) is 31.5 Å². The van der Waals surface area contributed by atoms with Gasteiger partial charge in [-0.1, -0.05) is 5.16 Å². The average molecular weight is 260 g/mol. The van der Waals surface area contributed by atoms with Crippen LogP contribution in [0.4, 0.5) is 5.69 Å². The van der Waals surface area contributed by atoms with E-state index >= 15 is 0 Å². The maximum Gasteiger partial charge on any atom is 0.259 e. The summed E-state index contributed by atoms with van der Waals surface area (Å²) in [6.07, 6.45) is 7.33. The van der Waals surface area contributed by atoms with Gasteiger partial charge in [-0.2, -0.15) is 4.98 Å². The average Bonchev–Trinajstić information content (AvgIpc) is 3.08. The van der Waals surface area contributed by atoms with E-state index in [0.29, 0.717) is 17.4 Å². The molecule has 0 atom stereocenters. The summed E-state index contributed by atoms with van der Waals surface area (Å²) >= 11 is 0. The third-order valence-electron chi connectivity index (χ3n) is 3.64. The Labute approximate surface area is 111 Å². The fourth-order valence-electron chi connectivity index (χ4n) is 2.57. The van der Waals surface area contributed by atoms with Gasteiger partial charge in [-0.3, -0.25) is 4.98 Å². The van der Waals surface area contributed by atoms with Crippen molar-refractivity contribution in [3.05, 3.63) is 24.3 Å². The summed E-state index contributed by atoms with van der Waals surface area (Å²) < 4.78 is 10.9.